The molecule has 3 fully saturated rings. The molecule has 0 aromatic carbocycles. The summed E-state index contributed by atoms with van der Waals surface area (Å²) in [6.45, 7) is 24.6. The van der Waals surface area contributed by atoms with E-state index < -0.39 is 0 Å². The third-order valence-electron chi connectivity index (χ3n) is 6.83. The summed E-state index contributed by atoms with van der Waals surface area (Å²) in [5.41, 5.74) is 14.4. The Morgan fingerprint density at radius 3 is 1.39 bits per heavy atom. The van der Waals surface area contributed by atoms with Gasteiger partial charge < -0.3 is 36.6 Å². The van der Waals surface area contributed by atoms with E-state index in [2.05, 4.69) is 78.9 Å². The zero-order valence-electron chi connectivity index (χ0n) is 29.1. The van der Waals surface area contributed by atoms with Gasteiger partial charge in [0, 0.05) is 54.4 Å². The predicted molar refractivity (Wildman–Crippen MR) is 190 cm³/mol. The number of ether oxygens (including phenoxy) is 3. The molecule has 3 saturated heterocycles. The molecule has 4 rings (SSSR count). The minimum atomic E-state index is 0. The first-order valence-electron chi connectivity index (χ1n) is 15.8. The van der Waals surface area contributed by atoms with Crippen LogP contribution in [0.5, 0.6) is 0 Å². The molecule has 11 nitrogen and oxygen atoms in total. The number of morpholine rings is 2. The molecule has 0 bridgehead atoms. The van der Waals surface area contributed by atoms with E-state index in [1.165, 1.54) is 54.7 Å². The van der Waals surface area contributed by atoms with Crippen LogP contribution in [0, 0.1) is 18.5 Å². The van der Waals surface area contributed by atoms with Crippen LogP contribution in [0.4, 0.5) is 0 Å². The normalized spacial score (nSPS) is 15.2. The van der Waals surface area contributed by atoms with Gasteiger partial charge in [-0.15, -0.1) is 33.2 Å². The first-order chi connectivity index (χ1) is 21.0. The van der Waals surface area contributed by atoms with Crippen molar-refractivity contribution < 1.29 is 59.0 Å². The number of terminal acetylenes is 1. The van der Waals surface area contributed by atoms with Gasteiger partial charge >= 0.3 is 44.8 Å². The monoisotopic (exact) mass is 1050 g/mol. The number of aromatic nitrogens is 3. The van der Waals surface area contributed by atoms with E-state index in [9.17, 15) is 0 Å². The van der Waals surface area contributed by atoms with Crippen LogP contribution in [0.3, 0.4) is 0 Å². The molecule has 1 N–H and O–H groups in total. The second-order valence-corrected chi connectivity index (χ2v) is 16.0. The van der Waals surface area contributed by atoms with Crippen molar-refractivity contribution in [1.82, 2.24) is 25.2 Å². The van der Waals surface area contributed by atoms with Gasteiger partial charge in [-0.05, 0) is 49.8 Å². The number of rotatable bonds is 9. The van der Waals surface area contributed by atoms with Crippen LogP contribution in [-0.4, -0.2) is 143 Å². The van der Waals surface area contributed by atoms with Crippen molar-refractivity contribution in [3.8, 4) is 12.3 Å². The molecule has 0 saturated carbocycles. The Hall–Kier alpha value is 0.215. The van der Waals surface area contributed by atoms with Gasteiger partial charge in [0.05, 0.1) is 33.0 Å². The van der Waals surface area contributed by atoms with Gasteiger partial charge in [-0.3, -0.25) is 19.8 Å². The van der Waals surface area contributed by atoms with Crippen molar-refractivity contribution in [3.05, 3.63) is 27.9 Å². The average molecular weight is 1050 g/mol. The molecule has 0 unspecified atom stereocenters. The SMILES string of the molecule is C#CCN1CCOCC1.C1CCOC1.CCP(CC)CC.CCP(CC)CC.[Au+].[Au+].[B].[N-]=[N+]=[N-].[c-]1nn[nH]c1CN1CCOCC1. The molecule has 0 atom stereocenters. The summed E-state index contributed by atoms with van der Waals surface area (Å²) in [5.74, 6) is 2.61. The molecule has 273 valence electrons. The van der Waals surface area contributed by atoms with Gasteiger partial charge in [0.1, 0.15) is 0 Å². The van der Waals surface area contributed by atoms with Gasteiger partial charge in [-0.25, -0.2) is 0 Å². The van der Waals surface area contributed by atoms with E-state index in [0.29, 0.717) is 15.8 Å². The maximum absolute atomic E-state index is 6.75. The fourth-order valence-electron chi connectivity index (χ4n) is 3.99. The summed E-state index contributed by atoms with van der Waals surface area (Å²) in [5, 5.41) is 9.98. The summed E-state index contributed by atoms with van der Waals surface area (Å²) < 4.78 is 15.3. The second kappa shape index (κ2) is 45.2. The molecule has 3 aliphatic rings. The molecule has 1 aromatic rings. The number of H-pyrrole nitrogens is 1. The molecule has 16 heteroatoms. The van der Waals surface area contributed by atoms with Crippen molar-refractivity contribution in [2.24, 2.45) is 0 Å². The molecule has 46 heavy (non-hydrogen) atoms. The Bertz CT molecular complexity index is 729. The molecule has 1 aromatic heterocycles. The van der Waals surface area contributed by atoms with E-state index in [1.54, 1.807) is 0 Å². The maximum atomic E-state index is 6.75. The van der Waals surface area contributed by atoms with Crippen molar-refractivity contribution in [1.29, 1.82) is 0 Å². The van der Waals surface area contributed by atoms with Crippen LogP contribution in [0.2, 0.25) is 0 Å². The standard InChI is InChI=1S/C7H11N4O.C7H11NO.2C6H15P.C4H8O.2Au.B.N3/c1-3-12-4-2-11(1)6-7-5-8-10-9-7;1-2-3-8-4-6-9-7-5-8;2*1-4-7(5-2)6-3;1-2-4-5-3-1;;;;1-3-2/h1-4,6H2,(H,8,9,10);1H,3-7H2;2*4-6H2,1-3H3;1-4H2;;;;/q-1;;;;;2*+1;;-1. The van der Waals surface area contributed by atoms with Crippen LogP contribution in [0.15, 0.2) is 0 Å². The van der Waals surface area contributed by atoms with Gasteiger partial charge in [0.15, 0.2) is 0 Å². The molecular weight excluding hydrogens is 987 g/mol. The second-order valence-electron chi connectivity index (χ2n) is 9.53. The van der Waals surface area contributed by atoms with Crippen molar-refractivity contribution in [2.45, 2.75) is 60.9 Å². The molecule has 4 heterocycles. The Balaban J connectivity index is -0.000000151. The van der Waals surface area contributed by atoms with Gasteiger partial charge in [0.25, 0.3) is 0 Å². The van der Waals surface area contributed by atoms with Crippen LogP contribution in [0.1, 0.15) is 60.1 Å². The van der Waals surface area contributed by atoms with Crippen molar-refractivity contribution in [2.75, 3.05) is 109 Å². The van der Waals surface area contributed by atoms with Crippen LogP contribution >= 0.6 is 15.8 Å². The van der Waals surface area contributed by atoms with Crippen LogP contribution < -0.4 is 0 Å². The Kier molecular flexibility index (Phi) is 54.7. The average Bonchev–Trinajstić information content (AvgIpc) is 3.80. The molecule has 0 aliphatic carbocycles. The fourth-order valence-corrected chi connectivity index (χ4v) is 6.67. The smallest absolute Gasteiger partial charge is 0.381 e. The zero-order chi connectivity index (χ0) is 32.4. The molecular formula is C30H60Au2BN8O3P2. The molecule has 0 spiro atoms. The summed E-state index contributed by atoms with van der Waals surface area (Å²) in [6, 6.07) is 0. The number of nitrogens with zero attached hydrogens (tertiary/aromatic N) is 7. The Morgan fingerprint density at radius 1 is 0.761 bits per heavy atom. The van der Waals surface area contributed by atoms with E-state index >= 15 is 0 Å². The Labute approximate surface area is 317 Å². The largest absolute Gasteiger partial charge is 1.00 e. The van der Waals surface area contributed by atoms with Crippen LogP contribution in [-0.2, 0) is 65.5 Å². The van der Waals surface area contributed by atoms with Gasteiger partial charge in [-0.2, -0.15) is 0 Å². The first-order valence-corrected chi connectivity index (χ1v) is 19.6. The van der Waals surface area contributed by atoms with Crippen molar-refractivity contribution in [3.63, 3.8) is 0 Å². The summed E-state index contributed by atoms with van der Waals surface area (Å²) in [6.07, 6.45) is 19.0. The molecule has 3 aliphatic heterocycles. The number of nitrogens with one attached hydrogen (secondary N) is 1. The third-order valence-corrected chi connectivity index (χ3v) is 12.2. The summed E-state index contributed by atoms with van der Waals surface area (Å²) in [4.78, 5) is 6.00. The van der Waals surface area contributed by atoms with Gasteiger partial charge in [0.2, 0.25) is 0 Å². The minimum absolute atomic E-state index is 0. The van der Waals surface area contributed by atoms with Crippen LogP contribution in [0.25, 0.3) is 16.0 Å². The molecule has 3 radical (unpaired) electrons. The quantitative estimate of drug-likeness (QED) is 0.0637. The number of hydrogen-bond donors (Lipinski definition) is 1. The minimum Gasteiger partial charge on any atom is -0.381 e. The molecule has 0 amide bonds. The first kappa shape index (κ1) is 55.6. The predicted octanol–water partition coefficient (Wildman–Crippen LogP) is 5.72. The number of aromatic amines is 1. The zero-order valence-corrected chi connectivity index (χ0v) is 35.3. The number of hydrogen-bond acceptors (Lipinski definition) is 7. The van der Waals surface area contributed by atoms with E-state index in [0.717, 1.165) is 84.6 Å². The van der Waals surface area contributed by atoms with E-state index in [1.807, 2.05) is 0 Å². The third kappa shape index (κ3) is 37.0. The van der Waals surface area contributed by atoms with Gasteiger partial charge in [-0.1, -0.05) is 47.5 Å². The summed E-state index contributed by atoms with van der Waals surface area (Å²) in [7, 11) is 0.892. The Morgan fingerprint density at radius 2 is 1.13 bits per heavy atom. The topological polar surface area (TPSA) is 134 Å². The fraction of sp³-hybridized carbons (Fsp3) is 0.867. The van der Waals surface area contributed by atoms with Crippen molar-refractivity contribution >= 4 is 24.3 Å². The summed E-state index contributed by atoms with van der Waals surface area (Å²) >= 11 is 0. The van der Waals surface area contributed by atoms with E-state index in [-0.39, 0.29) is 53.2 Å². The van der Waals surface area contributed by atoms with E-state index in [4.69, 9.17) is 31.7 Å². The maximum Gasteiger partial charge on any atom is 1.00 e.